The Morgan fingerprint density at radius 3 is 2.13 bits per heavy atom. The molecule has 1 aliphatic carbocycles. The van der Waals surface area contributed by atoms with Crippen molar-refractivity contribution >= 4 is 0 Å². The van der Waals surface area contributed by atoms with Crippen molar-refractivity contribution in [3.05, 3.63) is 71.9 Å². The van der Waals surface area contributed by atoms with E-state index in [1.807, 2.05) is 12.2 Å². The van der Waals surface area contributed by atoms with Gasteiger partial charge in [-0.1, -0.05) is 45.4 Å². The van der Waals surface area contributed by atoms with Crippen LogP contribution in [0.1, 0.15) is 20.3 Å². The molecule has 0 saturated heterocycles. The van der Waals surface area contributed by atoms with E-state index in [4.69, 9.17) is 0 Å². The molecule has 0 unspecified atom stereocenters. The Bertz CT molecular complexity index is 411. The van der Waals surface area contributed by atoms with Crippen LogP contribution in [0.15, 0.2) is 71.9 Å². The highest BCUT2D eigenvalue weighted by Gasteiger charge is 2.22. The molecular weight excluding hydrogens is 180 g/mol. The van der Waals surface area contributed by atoms with Gasteiger partial charge in [-0.05, 0) is 46.8 Å². The monoisotopic (exact) mass is 198 g/mol. The van der Waals surface area contributed by atoms with Crippen molar-refractivity contribution in [3.8, 4) is 0 Å². The van der Waals surface area contributed by atoms with Gasteiger partial charge in [0.15, 0.2) is 0 Å². The molecule has 0 aliphatic heterocycles. The zero-order chi connectivity index (χ0) is 11.6. The number of allylic oxidation sites excluding steroid dienone is 8. The minimum absolute atomic E-state index is 0.934. The summed E-state index contributed by atoms with van der Waals surface area (Å²) in [6.45, 7) is 20.0. The van der Waals surface area contributed by atoms with Crippen LogP contribution in [-0.4, -0.2) is 0 Å². The highest BCUT2D eigenvalue weighted by atomic mass is 14.3. The van der Waals surface area contributed by atoms with Crippen LogP contribution in [0, 0.1) is 0 Å². The Kier molecular flexibility index (Phi) is 3.31. The first kappa shape index (κ1) is 11.5. The highest BCUT2D eigenvalue weighted by Crippen LogP contribution is 2.40. The van der Waals surface area contributed by atoms with E-state index in [0.717, 1.165) is 34.3 Å². The van der Waals surface area contributed by atoms with Crippen LogP contribution >= 0.6 is 0 Å². The van der Waals surface area contributed by atoms with Gasteiger partial charge in [0.1, 0.15) is 0 Å². The molecule has 0 nitrogen and oxygen atoms in total. The third-order valence-corrected chi connectivity index (χ3v) is 2.89. The van der Waals surface area contributed by atoms with Gasteiger partial charge in [-0.15, -0.1) is 0 Å². The molecule has 0 saturated carbocycles. The molecule has 0 fully saturated rings. The van der Waals surface area contributed by atoms with Gasteiger partial charge in [0.2, 0.25) is 0 Å². The smallest absolute Gasteiger partial charge is 0.00825 e. The molecule has 0 heteroatoms. The van der Waals surface area contributed by atoms with Crippen LogP contribution < -0.4 is 0 Å². The number of hydrogen-bond acceptors (Lipinski definition) is 0. The summed E-state index contributed by atoms with van der Waals surface area (Å²) < 4.78 is 0. The maximum Gasteiger partial charge on any atom is -0.00825 e. The lowest BCUT2D eigenvalue weighted by molar-refractivity contribution is 1.12. The summed E-state index contributed by atoms with van der Waals surface area (Å²) in [5.41, 5.74) is 6.78. The number of hydrogen-bond donors (Lipinski definition) is 0. The Balaban J connectivity index is 3.36. The molecule has 15 heavy (non-hydrogen) atoms. The van der Waals surface area contributed by atoms with Crippen LogP contribution in [0.4, 0.5) is 0 Å². The summed E-state index contributed by atoms with van der Waals surface area (Å²) in [5, 5.41) is 0. The third kappa shape index (κ3) is 1.68. The van der Waals surface area contributed by atoms with Crippen LogP contribution in [-0.2, 0) is 0 Å². The lowest BCUT2D eigenvalue weighted by atomic mass is 9.95. The van der Waals surface area contributed by atoms with Gasteiger partial charge in [-0.3, -0.25) is 0 Å². The largest absolute Gasteiger partial charge is 0.0984 e. The molecule has 0 radical (unpaired) electrons. The summed E-state index contributed by atoms with van der Waals surface area (Å²) in [4.78, 5) is 0. The third-order valence-electron chi connectivity index (χ3n) is 2.89. The van der Waals surface area contributed by atoms with E-state index >= 15 is 0 Å². The fraction of sp³-hybridized carbons (Fsp3) is 0.200. The van der Waals surface area contributed by atoms with Crippen molar-refractivity contribution < 1.29 is 0 Å². The second kappa shape index (κ2) is 4.31. The predicted molar refractivity (Wildman–Crippen MR) is 68.7 cm³/mol. The number of rotatable bonds is 4. The molecular formula is C15H18. The van der Waals surface area contributed by atoms with E-state index in [1.165, 1.54) is 5.57 Å². The molecule has 0 amide bonds. The van der Waals surface area contributed by atoms with Crippen LogP contribution in [0.5, 0.6) is 0 Å². The van der Waals surface area contributed by atoms with Gasteiger partial charge in [0.25, 0.3) is 0 Å². The molecule has 0 atom stereocenters. The van der Waals surface area contributed by atoms with Crippen LogP contribution in [0.2, 0.25) is 0 Å². The SMILES string of the molecule is C=CC1=C(C)C(C=C)=C(C(=C)CC)C1=C. The molecule has 0 aromatic carbocycles. The zero-order valence-electron chi connectivity index (χ0n) is 9.69. The zero-order valence-corrected chi connectivity index (χ0v) is 9.69. The maximum atomic E-state index is 4.11. The maximum absolute atomic E-state index is 4.11. The summed E-state index contributed by atoms with van der Waals surface area (Å²) in [5.74, 6) is 0. The van der Waals surface area contributed by atoms with Crippen LogP contribution in [0.25, 0.3) is 0 Å². The van der Waals surface area contributed by atoms with Gasteiger partial charge in [-0.25, -0.2) is 0 Å². The Morgan fingerprint density at radius 2 is 1.73 bits per heavy atom. The first-order valence-electron chi connectivity index (χ1n) is 5.16. The van der Waals surface area contributed by atoms with E-state index < -0.39 is 0 Å². The fourth-order valence-corrected chi connectivity index (χ4v) is 1.97. The van der Waals surface area contributed by atoms with Crippen molar-refractivity contribution in [1.82, 2.24) is 0 Å². The van der Waals surface area contributed by atoms with Crippen molar-refractivity contribution in [2.75, 3.05) is 0 Å². The van der Waals surface area contributed by atoms with Crippen molar-refractivity contribution in [1.29, 1.82) is 0 Å². The second-order valence-corrected chi connectivity index (χ2v) is 3.67. The van der Waals surface area contributed by atoms with E-state index in [9.17, 15) is 0 Å². The van der Waals surface area contributed by atoms with Crippen molar-refractivity contribution in [3.63, 3.8) is 0 Å². The molecule has 0 spiro atoms. The Morgan fingerprint density at radius 1 is 1.20 bits per heavy atom. The Hall–Kier alpha value is -1.56. The summed E-state index contributed by atoms with van der Waals surface area (Å²) in [6, 6.07) is 0. The summed E-state index contributed by atoms with van der Waals surface area (Å²) in [6.07, 6.45) is 4.67. The van der Waals surface area contributed by atoms with Crippen molar-refractivity contribution in [2.45, 2.75) is 20.3 Å². The average Bonchev–Trinajstić information content (AvgIpc) is 2.48. The first-order chi connectivity index (χ1) is 7.08. The first-order valence-corrected chi connectivity index (χ1v) is 5.16. The highest BCUT2D eigenvalue weighted by molar-refractivity contribution is 5.72. The van der Waals surface area contributed by atoms with Crippen LogP contribution in [0.3, 0.4) is 0 Å². The standard InChI is InChI=1S/C15H18/c1-7-10(4)15-12(6)13(8-2)11(5)14(15)9-3/h8-9H,2-4,6-7H2,1,5H3. The molecule has 0 N–H and O–H groups in total. The molecule has 0 aromatic heterocycles. The van der Waals surface area contributed by atoms with E-state index in [2.05, 4.69) is 40.2 Å². The van der Waals surface area contributed by atoms with Gasteiger partial charge >= 0.3 is 0 Å². The van der Waals surface area contributed by atoms with E-state index in [1.54, 1.807) is 0 Å². The topological polar surface area (TPSA) is 0 Å². The molecule has 0 bridgehead atoms. The normalized spacial score (nSPS) is 16.0. The van der Waals surface area contributed by atoms with Crippen molar-refractivity contribution in [2.24, 2.45) is 0 Å². The fourth-order valence-electron chi connectivity index (χ4n) is 1.97. The van der Waals surface area contributed by atoms with Gasteiger partial charge in [0.05, 0.1) is 0 Å². The molecule has 1 rings (SSSR count). The van der Waals surface area contributed by atoms with E-state index in [-0.39, 0.29) is 0 Å². The lowest BCUT2D eigenvalue weighted by Crippen LogP contribution is -1.90. The second-order valence-electron chi connectivity index (χ2n) is 3.67. The molecule has 78 valence electrons. The minimum Gasteiger partial charge on any atom is -0.0984 e. The average molecular weight is 198 g/mol. The summed E-state index contributed by atoms with van der Waals surface area (Å²) >= 11 is 0. The van der Waals surface area contributed by atoms with Gasteiger partial charge < -0.3 is 0 Å². The predicted octanol–water partition coefficient (Wildman–Crippen LogP) is 4.51. The minimum atomic E-state index is 0.934. The lowest BCUT2D eigenvalue weighted by Gasteiger charge is -2.09. The van der Waals surface area contributed by atoms with Gasteiger partial charge in [0, 0.05) is 0 Å². The quantitative estimate of drug-likeness (QED) is 0.623. The Labute approximate surface area is 92.7 Å². The summed E-state index contributed by atoms with van der Waals surface area (Å²) in [7, 11) is 0. The molecule has 1 aliphatic rings. The molecule has 0 heterocycles. The van der Waals surface area contributed by atoms with E-state index in [0.29, 0.717) is 0 Å². The van der Waals surface area contributed by atoms with Gasteiger partial charge in [-0.2, -0.15) is 0 Å². The molecule has 0 aromatic rings.